The summed E-state index contributed by atoms with van der Waals surface area (Å²) in [6.45, 7) is 7.81. The molecule has 0 aromatic carbocycles. The first kappa shape index (κ1) is 14.3. The number of rotatable bonds is 5. The van der Waals surface area contributed by atoms with Gasteiger partial charge < -0.3 is 10.0 Å². The summed E-state index contributed by atoms with van der Waals surface area (Å²) in [6.07, 6.45) is 5.97. The average molecular weight is 256 g/mol. The second-order valence-electron chi connectivity index (χ2n) is 5.92. The SMILES string of the molecule is CC1CCN(OC[C@H](O)CN2CCCCC2)CC1. The average Bonchev–Trinajstić information content (AvgIpc) is 2.39. The molecule has 4 heteroatoms. The number of aliphatic hydroxyl groups is 1. The van der Waals surface area contributed by atoms with Crippen LogP contribution >= 0.6 is 0 Å². The summed E-state index contributed by atoms with van der Waals surface area (Å²) in [4.78, 5) is 8.05. The molecule has 0 unspecified atom stereocenters. The summed E-state index contributed by atoms with van der Waals surface area (Å²) in [6, 6.07) is 0. The van der Waals surface area contributed by atoms with Gasteiger partial charge in [0.15, 0.2) is 0 Å². The van der Waals surface area contributed by atoms with Gasteiger partial charge in [0, 0.05) is 19.6 Å². The first-order chi connectivity index (χ1) is 8.74. The van der Waals surface area contributed by atoms with Crippen molar-refractivity contribution >= 4 is 0 Å². The lowest BCUT2D eigenvalue weighted by molar-refractivity contribution is -0.192. The van der Waals surface area contributed by atoms with Crippen LogP contribution in [0.15, 0.2) is 0 Å². The largest absolute Gasteiger partial charge is 0.389 e. The number of piperidine rings is 2. The molecule has 0 aromatic heterocycles. The molecular formula is C14H28N2O2. The summed E-state index contributed by atoms with van der Waals surface area (Å²) >= 11 is 0. The van der Waals surface area contributed by atoms with Gasteiger partial charge in [-0.2, -0.15) is 5.06 Å². The zero-order chi connectivity index (χ0) is 12.8. The molecule has 0 spiro atoms. The van der Waals surface area contributed by atoms with Gasteiger partial charge >= 0.3 is 0 Å². The minimum absolute atomic E-state index is 0.345. The van der Waals surface area contributed by atoms with E-state index in [1.807, 2.05) is 5.06 Å². The van der Waals surface area contributed by atoms with E-state index in [4.69, 9.17) is 4.84 Å². The molecule has 2 fully saturated rings. The molecule has 2 heterocycles. The van der Waals surface area contributed by atoms with E-state index in [1.54, 1.807) is 0 Å². The molecule has 0 bridgehead atoms. The molecule has 2 aliphatic rings. The predicted octanol–water partition coefficient (Wildman–Crippen LogP) is 1.50. The molecule has 0 amide bonds. The van der Waals surface area contributed by atoms with Crippen LogP contribution in [0.1, 0.15) is 39.0 Å². The number of hydrogen-bond acceptors (Lipinski definition) is 4. The molecule has 1 atom stereocenters. The molecule has 106 valence electrons. The van der Waals surface area contributed by atoms with E-state index in [9.17, 15) is 5.11 Å². The maximum atomic E-state index is 9.99. The zero-order valence-corrected chi connectivity index (χ0v) is 11.7. The Morgan fingerprint density at radius 3 is 2.44 bits per heavy atom. The fraction of sp³-hybridized carbons (Fsp3) is 1.00. The van der Waals surface area contributed by atoms with Crippen molar-refractivity contribution in [2.24, 2.45) is 5.92 Å². The minimum atomic E-state index is -0.345. The predicted molar refractivity (Wildman–Crippen MR) is 72.2 cm³/mol. The number of hydroxylamine groups is 2. The van der Waals surface area contributed by atoms with Crippen LogP contribution in [0.4, 0.5) is 0 Å². The van der Waals surface area contributed by atoms with Crippen LogP contribution < -0.4 is 0 Å². The standard InChI is InChI=1S/C14H28N2O2/c1-13-5-9-16(10-6-13)18-12-14(17)11-15-7-3-2-4-8-15/h13-14,17H,2-12H2,1H3/t14-/m1/s1. The first-order valence-corrected chi connectivity index (χ1v) is 7.52. The molecule has 2 saturated heterocycles. The van der Waals surface area contributed by atoms with Crippen molar-refractivity contribution in [2.75, 3.05) is 39.3 Å². The smallest absolute Gasteiger partial charge is 0.0957 e. The van der Waals surface area contributed by atoms with Crippen molar-refractivity contribution in [3.8, 4) is 0 Å². The van der Waals surface area contributed by atoms with E-state index in [0.29, 0.717) is 6.61 Å². The zero-order valence-electron chi connectivity index (χ0n) is 11.7. The number of nitrogens with zero attached hydrogens (tertiary/aromatic N) is 2. The molecule has 0 radical (unpaired) electrons. The van der Waals surface area contributed by atoms with E-state index in [1.165, 1.54) is 32.1 Å². The molecule has 1 N–H and O–H groups in total. The van der Waals surface area contributed by atoms with Crippen LogP contribution in [0.5, 0.6) is 0 Å². The quantitative estimate of drug-likeness (QED) is 0.808. The lowest BCUT2D eigenvalue weighted by atomic mass is 10.0. The molecule has 2 aliphatic heterocycles. The van der Waals surface area contributed by atoms with Gasteiger partial charge in [0.25, 0.3) is 0 Å². The fourth-order valence-electron chi connectivity index (χ4n) is 2.80. The molecule has 0 saturated carbocycles. The number of β-amino-alcohol motifs (C(OH)–C–C–N with tert-alkyl or cyclic N) is 1. The molecule has 2 rings (SSSR count). The molecule has 18 heavy (non-hydrogen) atoms. The van der Waals surface area contributed by atoms with E-state index in [2.05, 4.69) is 11.8 Å². The Morgan fingerprint density at radius 2 is 1.78 bits per heavy atom. The second kappa shape index (κ2) is 7.43. The van der Waals surface area contributed by atoms with Crippen molar-refractivity contribution in [3.05, 3.63) is 0 Å². The highest BCUT2D eigenvalue weighted by Crippen LogP contribution is 2.16. The van der Waals surface area contributed by atoms with Crippen LogP contribution in [-0.2, 0) is 4.84 Å². The van der Waals surface area contributed by atoms with Crippen molar-refractivity contribution in [2.45, 2.75) is 45.1 Å². The molecule has 0 aromatic rings. The third-order valence-corrected chi connectivity index (χ3v) is 4.11. The molecule has 0 aliphatic carbocycles. The summed E-state index contributed by atoms with van der Waals surface area (Å²) in [5.41, 5.74) is 0. The highest BCUT2D eigenvalue weighted by Gasteiger charge is 2.19. The number of hydrogen-bond donors (Lipinski definition) is 1. The second-order valence-corrected chi connectivity index (χ2v) is 5.92. The Morgan fingerprint density at radius 1 is 1.11 bits per heavy atom. The van der Waals surface area contributed by atoms with E-state index in [0.717, 1.165) is 38.6 Å². The third kappa shape index (κ3) is 4.84. The minimum Gasteiger partial charge on any atom is -0.389 e. The molecule has 4 nitrogen and oxygen atoms in total. The van der Waals surface area contributed by atoms with Gasteiger partial charge in [-0.15, -0.1) is 0 Å². The summed E-state index contributed by atoms with van der Waals surface area (Å²) in [5.74, 6) is 0.822. The normalized spacial score (nSPS) is 26.3. The van der Waals surface area contributed by atoms with Crippen molar-refractivity contribution in [1.82, 2.24) is 9.96 Å². The van der Waals surface area contributed by atoms with E-state index in [-0.39, 0.29) is 6.10 Å². The van der Waals surface area contributed by atoms with Crippen LogP contribution in [0.3, 0.4) is 0 Å². The highest BCUT2D eigenvalue weighted by atomic mass is 16.7. The number of likely N-dealkylation sites (tertiary alicyclic amines) is 1. The van der Waals surface area contributed by atoms with Crippen molar-refractivity contribution in [3.63, 3.8) is 0 Å². The third-order valence-electron chi connectivity index (χ3n) is 4.11. The van der Waals surface area contributed by atoms with Crippen LogP contribution in [-0.4, -0.2) is 60.5 Å². The first-order valence-electron chi connectivity index (χ1n) is 7.52. The maximum absolute atomic E-state index is 9.99. The van der Waals surface area contributed by atoms with Crippen molar-refractivity contribution < 1.29 is 9.94 Å². The Hall–Kier alpha value is -0.160. The summed E-state index contributed by atoms with van der Waals surface area (Å²) in [7, 11) is 0. The van der Waals surface area contributed by atoms with Gasteiger partial charge in [-0.25, -0.2) is 0 Å². The summed E-state index contributed by atoms with van der Waals surface area (Å²) in [5, 5.41) is 12.0. The van der Waals surface area contributed by atoms with Gasteiger partial charge in [0.05, 0.1) is 12.7 Å². The molecular weight excluding hydrogens is 228 g/mol. The van der Waals surface area contributed by atoms with Gasteiger partial charge in [0.2, 0.25) is 0 Å². The van der Waals surface area contributed by atoms with Gasteiger partial charge in [-0.1, -0.05) is 13.3 Å². The van der Waals surface area contributed by atoms with E-state index >= 15 is 0 Å². The van der Waals surface area contributed by atoms with Gasteiger partial charge in [-0.3, -0.25) is 4.84 Å². The number of aliphatic hydroxyl groups excluding tert-OH is 1. The Labute approximate surface area is 111 Å². The van der Waals surface area contributed by atoms with Gasteiger partial charge in [-0.05, 0) is 44.7 Å². The monoisotopic (exact) mass is 256 g/mol. The van der Waals surface area contributed by atoms with Gasteiger partial charge in [0.1, 0.15) is 0 Å². The fourth-order valence-corrected chi connectivity index (χ4v) is 2.80. The van der Waals surface area contributed by atoms with Crippen molar-refractivity contribution in [1.29, 1.82) is 0 Å². The lowest BCUT2D eigenvalue weighted by Crippen LogP contribution is -2.41. The Bertz CT molecular complexity index is 224. The lowest BCUT2D eigenvalue weighted by Gasteiger charge is -2.31. The van der Waals surface area contributed by atoms with Crippen LogP contribution in [0, 0.1) is 5.92 Å². The maximum Gasteiger partial charge on any atom is 0.0957 e. The highest BCUT2D eigenvalue weighted by molar-refractivity contribution is 4.69. The topological polar surface area (TPSA) is 35.9 Å². The van der Waals surface area contributed by atoms with Crippen LogP contribution in [0.2, 0.25) is 0 Å². The summed E-state index contributed by atoms with van der Waals surface area (Å²) < 4.78 is 0. The Balaban J connectivity index is 1.57. The van der Waals surface area contributed by atoms with Crippen LogP contribution in [0.25, 0.3) is 0 Å². The van der Waals surface area contributed by atoms with E-state index < -0.39 is 0 Å². The Kier molecular flexibility index (Phi) is 5.89.